The van der Waals surface area contributed by atoms with E-state index in [0.29, 0.717) is 5.69 Å². The normalized spacial score (nSPS) is 10.6. The van der Waals surface area contributed by atoms with Crippen molar-refractivity contribution >= 4 is 33.7 Å². The Morgan fingerprint density at radius 3 is 2.86 bits per heavy atom. The Labute approximate surface area is 90.4 Å². The van der Waals surface area contributed by atoms with Gasteiger partial charge < -0.3 is 10.8 Å². The number of halogens is 1. The van der Waals surface area contributed by atoms with Gasteiger partial charge in [-0.25, -0.2) is 0 Å². The van der Waals surface area contributed by atoms with Crippen molar-refractivity contribution in [3.8, 4) is 0 Å². The third-order valence-electron chi connectivity index (χ3n) is 1.64. The Hall–Kier alpha value is -1.29. The number of hydrogen-bond donors (Lipinski definition) is 2. The number of carbonyl (C=O) groups is 1. The number of carboxylic acids is 1. The number of anilines is 1. The summed E-state index contributed by atoms with van der Waals surface area (Å²) in [5.41, 5.74) is 7.16. The molecule has 1 aromatic rings. The minimum Gasteiger partial charge on any atom is -0.481 e. The van der Waals surface area contributed by atoms with Crippen molar-refractivity contribution in [1.29, 1.82) is 0 Å². The van der Waals surface area contributed by atoms with Crippen molar-refractivity contribution < 1.29 is 9.90 Å². The first-order valence-corrected chi connectivity index (χ1v) is 4.82. The molecule has 1 aromatic carbocycles. The van der Waals surface area contributed by atoms with Crippen LogP contribution in [0.3, 0.4) is 0 Å². The Morgan fingerprint density at radius 1 is 1.57 bits per heavy atom. The lowest BCUT2D eigenvalue weighted by molar-refractivity contribution is -0.135. The Morgan fingerprint density at radius 2 is 2.29 bits per heavy atom. The van der Waals surface area contributed by atoms with Gasteiger partial charge in [0.15, 0.2) is 0 Å². The molecule has 0 aliphatic carbocycles. The number of nitrogen functional groups attached to an aromatic ring is 1. The van der Waals surface area contributed by atoms with Gasteiger partial charge >= 0.3 is 5.97 Å². The zero-order valence-corrected chi connectivity index (χ0v) is 8.99. The highest BCUT2D eigenvalue weighted by Crippen LogP contribution is 2.19. The van der Waals surface area contributed by atoms with Crippen LogP contribution in [0.15, 0.2) is 28.7 Å². The highest BCUT2D eigenvalue weighted by atomic mass is 79.9. The standard InChI is InChI=1S/C10H10BrNO2/c11-8-5-4-7(9(12)6-8)2-1-3-10(13)14/h1-2,4-6H,3,12H2,(H,13,14). The molecule has 0 bridgehead atoms. The molecule has 74 valence electrons. The van der Waals surface area contributed by atoms with E-state index in [4.69, 9.17) is 10.8 Å². The largest absolute Gasteiger partial charge is 0.481 e. The summed E-state index contributed by atoms with van der Waals surface area (Å²) in [5, 5.41) is 8.41. The molecule has 0 aliphatic rings. The SMILES string of the molecule is Nc1cc(Br)ccc1C=CCC(=O)O. The van der Waals surface area contributed by atoms with Gasteiger partial charge in [-0.15, -0.1) is 0 Å². The van der Waals surface area contributed by atoms with Crippen molar-refractivity contribution in [2.24, 2.45) is 0 Å². The van der Waals surface area contributed by atoms with Crippen LogP contribution in [0.2, 0.25) is 0 Å². The average Bonchev–Trinajstić information content (AvgIpc) is 2.08. The number of carboxylic acid groups (broad SMARTS) is 1. The summed E-state index contributed by atoms with van der Waals surface area (Å²) in [7, 11) is 0. The van der Waals surface area contributed by atoms with Gasteiger partial charge in [0.25, 0.3) is 0 Å². The van der Waals surface area contributed by atoms with Crippen molar-refractivity contribution in [3.05, 3.63) is 34.3 Å². The quantitative estimate of drug-likeness (QED) is 0.816. The van der Waals surface area contributed by atoms with Gasteiger partial charge in [0, 0.05) is 10.2 Å². The van der Waals surface area contributed by atoms with E-state index in [0.717, 1.165) is 10.0 Å². The second-order valence-electron chi connectivity index (χ2n) is 2.77. The first-order chi connectivity index (χ1) is 6.59. The fourth-order valence-corrected chi connectivity index (χ4v) is 1.36. The Bertz CT molecular complexity index is 374. The molecule has 0 heterocycles. The number of rotatable bonds is 3. The van der Waals surface area contributed by atoms with Crippen LogP contribution in [0, 0.1) is 0 Å². The lowest BCUT2D eigenvalue weighted by Gasteiger charge is -1.99. The van der Waals surface area contributed by atoms with E-state index >= 15 is 0 Å². The monoisotopic (exact) mass is 255 g/mol. The van der Waals surface area contributed by atoms with Crippen LogP contribution in [0.5, 0.6) is 0 Å². The van der Waals surface area contributed by atoms with E-state index in [-0.39, 0.29) is 6.42 Å². The maximum Gasteiger partial charge on any atom is 0.307 e. The average molecular weight is 256 g/mol. The Balaban J connectivity index is 2.76. The number of aliphatic carboxylic acids is 1. The molecule has 0 aliphatic heterocycles. The van der Waals surface area contributed by atoms with Crippen LogP contribution in [0.1, 0.15) is 12.0 Å². The molecule has 0 spiro atoms. The summed E-state index contributed by atoms with van der Waals surface area (Å²) in [6, 6.07) is 5.47. The lowest BCUT2D eigenvalue weighted by atomic mass is 10.1. The molecule has 0 amide bonds. The predicted molar refractivity (Wildman–Crippen MR) is 59.8 cm³/mol. The van der Waals surface area contributed by atoms with E-state index in [9.17, 15) is 4.79 Å². The van der Waals surface area contributed by atoms with Crippen LogP contribution < -0.4 is 5.73 Å². The molecule has 0 atom stereocenters. The van der Waals surface area contributed by atoms with E-state index in [1.54, 1.807) is 18.2 Å². The second-order valence-corrected chi connectivity index (χ2v) is 3.69. The van der Waals surface area contributed by atoms with Gasteiger partial charge in [0.2, 0.25) is 0 Å². The molecular weight excluding hydrogens is 246 g/mol. The lowest BCUT2D eigenvalue weighted by Crippen LogP contribution is -1.91. The smallest absolute Gasteiger partial charge is 0.307 e. The van der Waals surface area contributed by atoms with Gasteiger partial charge in [0.05, 0.1) is 6.42 Å². The van der Waals surface area contributed by atoms with Crippen LogP contribution in [-0.4, -0.2) is 11.1 Å². The summed E-state index contributed by atoms with van der Waals surface area (Å²) < 4.78 is 0.908. The third-order valence-corrected chi connectivity index (χ3v) is 2.13. The minimum atomic E-state index is -0.850. The van der Waals surface area contributed by atoms with Gasteiger partial charge in [-0.1, -0.05) is 34.1 Å². The summed E-state index contributed by atoms with van der Waals surface area (Å²) in [6.07, 6.45) is 3.29. The molecular formula is C10H10BrNO2. The van der Waals surface area contributed by atoms with Crippen molar-refractivity contribution in [3.63, 3.8) is 0 Å². The molecule has 0 unspecified atom stereocenters. The first-order valence-electron chi connectivity index (χ1n) is 4.03. The molecule has 4 heteroatoms. The van der Waals surface area contributed by atoms with Crippen LogP contribution in [-0.2, 0) is 4.79 Å². The fraction of sp³-hybridized carbons (Fsp3) is 0.100. The predicted octanol–water partition coefficient (Wildman–Crippen LogP) is 2.52. The van der Waals surface area contributed by atoms with E-state index in [2.05, 4.69) is 15.9 Å². The molecule has 0 saturated carbocycles. The fourth-order valence-electron chi connectivity index (χ4n) is 0.984. The van der Waals surface area contributed by atoms with Crippen LogP contribution >= 0.6 is 15.9 Å². The molecule has 0 saturated heterocycles. The van der Waals surface area contributed by atoms with Crippen molar-refractivity contribution in [2.75, 3.05) is 5.73 Å². The van der Waals surface area contributed by atoms with Crippen LogP contribution in [0.25, 0.3) is 6.08 Å². The highest BCUT2D eigenvalue weighted by molar-refractivity contribution is 9.10. The number of hydrogen-bond acceptors (Lipinski definition) is 2. The van der Waals surface area contributed by atoms with Gasteiger partial charge in [-0.2, -0.15) is 0 Å². The number of nitrogens with two attached hydrogens (primary N) is 1. The van der Waals surface area contributed by atoms with E-state index < -0.39 is 5.97 Å². The second kappa shape index (κ2) is 4.81. The first kappa shape index (κ1) is 10.8. The van der Waals surface area contributed by atoms with Gasteiger partial charge in [0.1, 0.15) is 0 Å². The summed E-state index contributed by atoms with van der Waals surface area (Å²) >= 11 is 3.29. The zero-order valence-electron chi connectivity index (χ0n) is 7.40. The van der Waals surface area contributed by atoms with E-state index in [1.807, 2.05) is 12.1 Å². The van der Waals surface area contributed by atoms with Gasteiger partial charge in [-0.05, 0) is 17.7 Å². The van der Waals surface area contributed by atoms with Crippen molar-refractivity contribution in [1.82, 2.24) is 0 Å². The Kier molecular flexibility index (Phi) is 3.71. The molecule has 3 N–H and O–H groups in total. The van der Waals surface area contributed by atoms with Gasteiger partial charge in [-0.3, -0.25) is 4.79 Å². The molecule has 1 rings (SSSR count). The maximum absolute atomic E-state index is 10.2. The third kappa shape index (κ3) is 3.22. The molecule has 0 aromatic heterocycles. The zero-order chi connectivity index (χ0) is 10.6. The van der Waals surface area contributed by atoms with E-state index in [1.165, 1.54) is 0 Å². The number of benzene rings is 1. The summed E-state index contributed by atoms with van der Waals surface area (Å²) in [6.45, 7) is 0. The highest BCUT2D eigenvalue weighted by Gasteiger charge is 1.96. The van der Waals surface area contributed by atoms with Crippen LogP contribution in [0.4, 0.5) is 5.69 Å². The maximum atomic E-state index is 10.2. The molecule has 14 heavy (non-hydrogen) atoms. The molecule has 0 radical (unpaired) electrons. The molecule has 0 fully saturated rings. The topological polar surface area (TPSA) is 63.3 Å². The van der Waals surface area contributed by atoms with Crippen molar-refractivity contribution in [2.45, 2.75) is 6.42 Å². The minimum absolute atomic E-state index is 0.00943. The summed E-state index contributed by atoms with van der Waals surface area (Å²) in [5.74, 6) is -0.850. The summed E-state index contributed by atoms with van der Waals surface area (Å²) in [4.78, 5) is 10.2. The molecule has 3 nitrogen and oxygen atoms in total.